The van der Waals surface area contributed by atoms with Gasteiger partial charge < -0.3 is 20.3 Å². The Morgan fingerprint density at radius 3 is 2.47 bits per heavy atom. The number of halogens is 1. The predicted octanol–water partition coefficient (Wildman–Crippen LogP) is 4.95. The summed E-state index contributed by atoms with van der Waals surface area (Å²) in [5.74, 6) is 2.31. The number of nitrogens with zero attached hydrogens (tertiary/aromatic N) is 4. The van der Waals surface area contributed by atoms with Gasteiger partial charge in [0.2, 0.25) is 11.8 Å². The molecule has 34 heavy (non-hydrogen) atoms. The number of ether oxygens (including phenoxy) is 1. The highest BCUT2D eigenvalue weighted by Gasteiger charge is 2.25. The number of nitrogens with one attached hydrogen (secondary N) is 2. The third-order valence-corrected chi connectivity index (χ3v) is 6.34. The van der Waals surface area contributed by atoms with E-state index in [1.54, 1.807) is 18.3 Å². The van der Waals surface area contributed by atoms with Crippen LogP contribution in [0, 0.1) is 6.92 Å². The van der Waals surface area contributed by atoms with Crippen LogP contribution in [0.4, 0.5) is 11.8 Å². The molecule has 178 valence electrons. The molecule has 0 radical (unpaired) electrons. The molecule has 9 heteroatoms. The highest BCUT2D eigenvalue weighted by molar-refractivity contribution is 9.10. The Kier molecular flexibility index (Phi) is 7.62. The normalized spacial score (nSPS) is 17.6. The number of carbonyl (C=O) groups excluding carboxylic acids is 1. The molecule has 0 saturated heterocycles. The van der Waals surface area contributed by atoms with E-state index in [0.29, 0.717) is 23.1 Å². The van der Waals surface area contributed by atoms with Gasteiger partial charge >= 0.3 is 0 Å². The molecule has 2 aromatic heterocycles. The van der Waals surface area contributed by atoms with Gasteiger partial charge in [0.05, 0.1) is 0 Å². The fraction of sp³-hybridized carbons (Fsp3) is 0.360. The summed E-state index contributed by atoms with van der Waals surface area (Å²) < 4.78 is 6.83. The minimum absolute atomic E-state index is 0.0996. The number of benzene rings is 1. The number of hydrogen-bond acceptors (Lipinski definition) is 7. The summed E-state index contributed by atoms with van der Waals surface area (Å²) in [6.07, 6.45) is 7.07. The van der Waals surface area contributed by atoms with Gasteiger partial charge in [0, 0.05) is 48.6 Å². The number of anilines is 2. The van der Waals surface area contributed by atoms with E-state index in [0.717, 1.165) is 41.5 Å². The molecule has 0 aliphatic heterocycles. The zero-order chi connectivity index (χ0) is 24.1. The Morgan fingerprint density at radius 1 is 1.06 bits per heavy atom. The fourth-order valence-electron chi connectivity index (χ4n) is 4.04. The molecule has 2 heterocycles. The fourth-order valence-corrected chi connectivity index (χ4v) is 4.31. The zero-order valence-corrected chi connectivity index (χ0v) is 21.2. The summed E-state index contributed by atoms with van der Waals surface area (Å²) in [7, 11) is 3.95. The van der Waals surface area contributed by atoms with Crippen molar-refractivity contribution in [1.29, 1.82) is 0 Å². The molecule has 0 spiro atoms. The molecule has 1 saturated carbocycles. The molecular weight excluding hydrogens is 496 g/mol. The molecule has 0 atom stereocenters. The van der Waals surface area contributed by atoms with E-state index in [4.69, 9.17) is 4.74 Å². The van der Waals surface area contributed by atoms with Crippen LogP contribution in [0.5, 0.6) is 11.6 Å². The maximum Gasteiger partial charge on any atom is 0.257 e. The Hall–Kier alpha value is -3.20. The number of aryl methyl sites for hydroxylation is 1. The summed E-state index contributed by atoms with van der Waals surface area (Å²) in [4.78, 5) is 28.3. The van der Waals surface area contributed by atoms with Gasteiger partial charge in [-0.2, -0.15) is 4.98 Å². The van der Waals surface area contributed by atoms with Crippen molar-refractivity contribution >= 4 is 33.6 Å². The molecule has 1 fully saturated rings. The zero-order valence-electron chi connectivity index (χ0n) is 19.6. The number of rotatable bonds is 7. The minimum atomic E-state index is -0.172. The Morgan fingerprint density at radius 2 is 1.76 bits per heavy atom. The van der Waals surface area contributed by atoms with Crippen LogP contribution in [0.3, 0.4) is 0 Å². The quantitative estimate of drug-likeness (QED) is 0.451. The van der Waals surface area contributed by atoms with Crippen molar-refractivity contribution in [1.82, 2.24) is 20.3 Å². The maximum absolute atomic E-state index is 13.0. The van der Waals surface area contributed by atoms with Crippen LogP contribution in [0.25, 0.3) is 0 Å². The second-order valence-corrected chi connectivity index (χ2v) is 9.59. The number of carbonyl (C=O) groups is 1. The average molecular weight is 525 g/mol. The second-order valence-electron chi connectivity index (χ2n) is 8.67. The van der Waals surface area contributed by atoms with Gasteiger partial charge in [0.1, 0.15) is 17.1 Å². The van der Waals surface area contributed by atoms with E-state index in [2.05, 4.69) is 41.5 Å². The standard InChI is InChI=1S/C25H29BrN6O2/c1-16-15-28-25(31-22(16)32(2)3)30-19-10-8-18(9-11-19)29-23(33)21-5-4-14-27-24(21)34-20-12-6-17(26)7-13-20/h4-7,12-15,18-19H,8-11H2,1-3H3,(H,29,33)(H,28,30,31). The number of hydrogen-bond donors (Lipinski definition) is 2. The van der Waals surface area contributed by atoms with Crippen molar-refractivity contribution < 1.29 is 9.53 Å². The van der Waals surface area contributed by atoms with E-state index in [-0.39, 0.29) is 18.0 Å². The van der Waals surface area contributed by atoms with Gasteiger partial charge in [-0.15, -0.1) is 0 Å². The lowest BCUT2D eigenvalue weighted by Crippen LogP contribution is -2.40. The number of pyridine rings is 1. The molecule has 1 aliphatic rings. The van der Waals surface area contributed by atoms with Gasteiger partial charge in [-0.1, -0.05) is 15.9 Å². The molecule has 4 rings (SSSR count). The van der Waals surface area contributed by atoms with Crippen LogP contribution in [0.15, 0.2) is 53.3 Å². The first kappa shape index (κ1) is 23.9. The summed E-state index contributed by atoms with van der Waals surface area (Å²) in [6.45, 7) is 2.00. The summed E-state index contributed by atoms with van der Waals surface area (Å²) in [5.41, 5.74) is 1.47. The summed E-state index contributed by atoms with van der Waals surface area (Å²) in [5, 5.41) is 6.61. The van der Waals surface area contributed by atoms with Gasteiger partial charge in [-0.05, 0) is 69.0 Å². The lowest BCUT2D eigenvalue weighted by molar-refractivity contribution is 0.0923. The van der Waals surface area contributed by atoms with Gasteiger partial charge in [0.25, 0.3) is 5.91 Å². The minimum Gasteiger partial charge on any atom is -0.438 e. The van der Waals surface area contributed by atoms with E-state index < -0.39 is 0 Å². The van der Waals surface area contributed by atoms with Gasteiger partial charge in [0.15, 0.2) is 0 Å². The SMILES string of the molecule is Cc1cnc(NC2CCC(NC(=O)c3cccnc3Oc3ccc(Br)cc3)CC2)nc1N(C)C. The molecule has 0 unspecified atom stereocenters. The van der Waals surface area contributed by atoms with Crippen molar-refractivity contribution in [3.63, 3.8) is 0 Å². The Balaban J connectivity index is 1.33. The van der Waals surface area contributed by atoms with E-state index in [1.165, 1.54) is 0 Å². The summed E-state index contributed by atoms with van der Waals surface area (Å²) in [6, 6.07) is 11.3. The average Bonchev–Trinajstić information content (AvgIpc) is 2.83. The molecular formula is C25H29BrN6O2. The van der Waals surface area contributed by atoms with Crippen molar-refractivity contribution in [2.75, 3.05) is 24.3 Å². The highest BCUT2D eigenvalue weighted by Crippen LogP contribution is 2.26. The number of amides is 1. The highest BCUT2D eigenvalue weighted by atomic mass is 79.9. The molecule has 8 nitrogen and oxygen atoms in total. The molecule has 3 aromatic rings. The van der Waals surface area contributed by atoms with Crippen molar-refractivity contribution in [3.05, 3.63) is 64.4 Å². The first-order chi connectivity index (χ1) is 16.4. The molecule has 0 bridgehead atoms. The lowest BCUT2D eigenvalue weighted by Gasteiger charge is -2.30. The first-order valence-electron chi connectivity index (χ1n) is 11.4. The molecule has 1 amide bonds. The Bertz CT molecular complexity index is 1130. The first-order valence-corrected chi connectivity index (χ1v) is 12.1. The lowest BCUT2D eigenvalue weighted by atomic mass is 9.91. The predicted molar refractivity (Wildman–Crippen MR) is 137 cm³/mol. The van der Waals surface area contributed by atoms with Crippen LogP contribution in [-0.4, -0.2) is 47.0 Å². The molecule has 1 aromatic carbocycles. The topological polar surface area (TPSA) is 92.3 Å². The second kappa shape index (κ2) is 10.8. The third kappa shape index (κ3) is 6.02. The van der Waals surface area contributed by atoms with Crippen LogP contribution in [-0.2, 0) is 0 Å². The van der Waals surface area contributed by atoms with E-state index in [9.17, 15) is 4.79 Å². The van der Waals surface area contributed by atoms with Crippen LogP contribution in [0.2, 0.25) is 0 Å². The van der Waals surface area contributed by atoms with E-state index in [1.807, 2.05) is 56.4 Å². The monoisotopic (exact) mass is 524 g/mol. The van der Waals surface area contributed by atoms with Gasteiger partial charge in [-0.3, -0.25) is 4.79 Å². The number of aromatic nitrogens is 3. The van der Waals surface area contributed by atoms with Crippen molar-refractivity contribution in [2.24, 2.45) is 0 Å². The van der Waals surface area contributed by atoms with Crippen molar-refractivity contribution in [2.45, 2.75) is 44.7 Å². The van der Waals surface area contributed by atoms with E-state index >= 15 is 0 Å². The summed E-state index contributed by atoms with van der Waals surface area (Å²) >= 11 is 3.41. The Labute approximate surface area is 208 Å². The van der Waals surface area contributed by atoms with Gasteiger partial charge in [-0.25, -0.2) is 9.97 Å². The van der Waals surface area contributed by atoms with Crippen molar-refractivity contribution in [3.8, 4) is 11.6 Å². The molecule has 1 aliphatic carbocycles. The van der Waals surface area contributed by atoms with Crippen LogP contribution >= 0.6 is 15.9 Å². The third-order valence-electron chi connectivity index (χ3n) is 5.81. The van der Waals surface area contributed by atoms with Crippen LogP contribution < -0.4 is 20.3 Å². The smallest absolute Gasteiger partial charge is 0.257 e. The molecule has 2 N–H and O–H groups in total. The largest absolute Gasteiger partial charge is 0.438 e. The maximum atomic E-state index is 13.0. The van der Waals surface area contributed by atoms with Crippen LogP contribution in [0.1, 0.15) is 41.6 Å².